The largest absolute Gasteiger partial charge is 0.355 e. The standard InChI is InChI=1S/C20H37N3O2/c1-2-12-21-13-14-22-20(25)17-8-10-18(11-9-17)23-19(24)15-16-6-4-3-5-7-16/h16-18,21H,2-15H2,1H3,(H,22,25)(H,23,24). The summed E-state index contributed by atoms with van der Waals surface area (Å²) < 4.78 is 0. The summed E-state index contributed by atoms with van der Waals surface area (Å²) >= 11 is 0. The molecule has 0 spiro atoms. The molecule has 25 heavy (non-hydrogen) atoms. The Balaban J connectivity index is 1.57. The molecule has 0 heterocycles. The highest BCUT2D eigenvalue weighted by Crippen LogP contribution is 2.27. The highest BCUT2D eigenvalue weighted by Gasteiger charge is 2.27. The highest BCUT2D eigenvalue weighted by molar-refractivity contribution is 5.79. The fourth-order valence-electron chi connectivity index (χ4n) is 4.16. The maximum atomic E-state index is 12.2. The summed E-state index contributed by atoms with van der Waals surface area (Å²) in [6.45, 7) is 4.68. The number of carbonyl (C=O) groups excluding carboxylic acids is 2. The Morgan fingerprint density at radius 3 is 2.28 bits per heavy atom. The molecule has 0 bridgehead atoms. The summed E-state index contributed by atoms with van der Waals surface area (Å²) in [5, 5.41) is 9.54. The summed E-state index contributed by atoms with van der Waals surface area (Å²) in [6.07, 6.45) is 11.8. The van der Waals surface area contributed by atoms with Crippen molar-refractivity contribution >= 4 is 11.8 Å². The molecule has 0 radical (unpaired) electrons. The van der Waals surface area contributed by atoms with Crippen molar-refractivity contribution in [2.45, 2.75) is 83.6 Å². The van der Waals surface area contributed by atoms with Crippen LogP contribution in [-0.4, -0.2) is 37.5 Å². The first-order valence-electron chi connectivity index (χ1n) is 10.5. The molecule has 0 aromatic carbocycles. The fraction of sp³-hybridized carbons (Fsp3) is 0.900. The lowest BCUT2D eigenvalue weighted by molar-refractivity contribution is -0.126. The lowest BCUT2D eigenvalue weighted by atomic mass is 9.84. The van der Waals surface area contributed by atoms with Gasteiger partial charge in [0.25, 0.3) is 0 Å². The van der Waals surface area contributed by atoms with Crippen LogP contribution in [0, 0.1) is 11.8 Å². The quantitative estimate of drug-likeness (QED) is 0.560. The highest BCUT2D eigenvalue weighted by atomic mass is 16.2. The fourth-order valence-corrected chi connectivity index (χ4v) is 4.16. The van der Waals surface area contributed by atoms with Crippen molar-refractivity contribution in [2.75, 3.05) is 19.6 Å². The maximum Gasteiger partial charge on any atom is 0.223 e. The van der Waals surface area contributed by atoms with Gasteiger partial charge in [0.15, 0.2) is 0 Å². The van der Waals surface area contributed by atoms with Gasteiger partial charge in [0, 0.05) is 31.5 Å². The number of hydrogen-bond donors (Lipinski definition) is 3. The van der Waals surface area contributed by atoms with Gasteiger partial charge in [0.05, 0.1) is 0 Å². The molecule has 2 aliphatic rings. The zero-order valence-electron chi connectivity index (χ0n) is 15.9. The molecular formula is C20H37N3O2. The van der Waals surface area contributed by atoms with Gasteiger partial charge < -0.3 is 16.0 Å². The molecule has 5 heteroatoms. The second-order valence-corrected chi connectivity index (χ2v) is 7.87. The molecule has 2 amide bonds. The van der Waals surface area contributed by atoms with Gasteiger partial charge in [-0.2, -0.15) is 0 Å². The van der Waals surface area contributed by atoms with Crippen LogP contribution in [0.4, 0.5) is 0 Å². The van der Waals surface area contributed by atoms with Crippen molar-refractivity contribution in [3.05, 3.63) is 0 Å². The summed E-state index contributed by atoms with van der Waals surface area (Å²) in [5.74, 6) is 1.13. The molecule has 3 N–H and O–H groups in total. The summed E-state index contributed by atoms with van der Waals surface area (Å²) in [5.41, 5.74) is 0. The molecular weight excluding hydrogens is 314 g/mol. The third-order valence-corrected chi connectivity index (χ3v) is 5.69. The molecule has 0 saturated heterocycles. The molecule has 2 aliphatic carbocycles. The Bertz CT molecular complexity index is 400. The number of carbonyl (C=O) groups is 2. The number of hydrogen-bond acceptors (Lipinski definition) is 3. The van der Waals surface area contributed by atoms with Crippen molar-refractivity contribution in [1.82, 2.24) is 16.0 Å². The monoisotopic (exact) mass is 351 g/mol. The first-order valence-corrected chi connectivity index (χ1v) is 10.5. The van der Waals surface area contributed by atoms with E-state index in [-0.39, 0.29) is 23.8 Å². The van der Waals surface area contributed by atoms with Crippen LogP contribution in [-0.2, 0) is 9.59 Å². The lowest BCUT2D eigenvalue weighted by Crippen LogP contribution is -2.42. The lowest BCUT2D eigenvalue weighted by Gasteiger charge is -2.29. The SMILES string of the molecule is CCCNCCNC(=O)C1CCC(NC(=O)CC2CCCCC2)CC1. The third kappa shape index (κ3) is 7.76. The first kappa shape index (κ1) is 20.2. The van der Waals surface area contributed by atoms with E-state index in [0.717, 1.165) is 45.2 Å². The van der Waals surface area contributed by atoms with Crippen molar-refractivity contribution in [3.8, 4) is 0 Å². The number of rotatable bonds is 9. The van der Waals surface area contributed by atoms with Crippen molar-refractivity contribution in [3.63, 3.8) is 0 Å². The molecule has 5 nitrogen and oxygen atoms in total. The molecule has 144 valence electrons. The minimum absolute atomic E-state index is 0.123. The third-order valence-electron chi connectivity index (χ3n) is 5.69. The molecule has 2 rings (SSSR count). The van der Waals surface area contributed by atoms with E-state index in [4.69, 9.17) is 0 Å². The van der Waals surface area contributed by atoms with Gasteiger partial charge in [-0.25, -0.2) is 0 Å². The van der Waals surface area contributed by atoms with Crippen LogP contribution < -0.4 is 16.0 Å². The van der Waals surface area contributed by atoms with Crippen LogP contribution in [0.1, 0.15) is 77.6 Å². The average molecular weight is 352 g/mol. The predicted octanol–water partition coefficient (Wildman–Crippen LogP) is 2.75. The van der Waals surface area contributed by atoms with Crippen LogP contribution >= 0.6 is 0 Å². The molecule has 0 aromatic heterocycles. The summed E-state index contributed by atoms with van der Waals surface area (Å²) in [4.78, 5) is 24.4. The number of amides is 2. The molecule has 0 atom stereocenters. The first-order chi connectivity index (χ1) is 12.2. The Hall–Kier alpha value is -1.10. The van der Waals surface area contributed by atoms with Gasteiger partial charge in [-0.05, 0) is 57.4 Å². The van der Waals surface area contributed by atoms with E-state index >= 15 is 0 Å². The van der Waals surface area contributed by atoms with Crippen LogP contribution in [0.15, 0.2) is 0 Å². The van der Waals surface area contributed by atoms with Crippen LogP contribution in [0.25, 0.3) is 0 Å². The van der Waals surface area contributed by atoms with E-state index < -0.39 is 0 Å². The Morgan fingerprint density at radius 2 is 1.60 bits per heavy atom. The second-order valence-electron chi connectivity index (χ2n) is 7.87. The zero-order chi connectivity index (χ0) is 17.9. The van der Waals surface area contributed by atoms with Crippen molar-refractivity contribution < 1.29 is 9.59 Å². The predicted molar refractivity (Wildman–Crippen MR) is 101 cm³/mol. The van der Waals surface area contributed by atoms with Gasteiger partial charge in [-0.3, -0.25) is 9.59 Å². The maximum absolute atomic E-state index is 12.2. The van der Waals surface area contributed by atoms with Gasteiger partial charge in [-0.1, -0.05) is 26.2 Å². The normalized spacial score (nSPS) is 24.7. The average Bonchev–Trinajstić information content (AvgIpc) is 2.63. The smallest absolute Gasteiger partial charge is 0.223 e. The van der Waals surface area contributed by atoms with E-state index in [0.29, 0.717) is 18.9 Å². The molecule has 2 fully saturated rings. The van der Waals surface area contributed by atoms with Gasteiger partial charge in [0.1, 0.15) is 0 Å². The van der Waals surface area contributed by atoms with E-state index in [1.165, 1.54) is 32.1 Å². The van der Waals surface area contributed by atoms with E-state index in [2.05, 4.69) is 22.9 Å². The van der Waals surface area contributed by atoms with Gasteiger partial charge >= 0.3 is 0 Å². The molecule has 0 aliphatic heterocycles. The van der Waals surface area contributed by atoms with Gasteiger partial charge in [0.2, 0.25) is 11.8 Å². The van der Waals surface area contributed by atoms with Crippen LogP contribution in [0.5, 0.6) is 0 Å². The van der Waals surface area contributed by atoms with E-state index in [9.17, 15) is 9.59 Å². The molecule has 2 saturated carbocycles. The molecule has 0 unspecified atom stereocenters. The zero-order valence-corrected chi connectivity index (χ0v) is 15.9. The Morgan fingerprint density at radius 1 is 0.880 bits per heavy atom. The summed E-state index contributed by atoms with van der Waals surface area (Å²) in [7, 11) is 0. The van der Waals surface area contributed by atoms with Gasteiger partial charge in [-0.15, -0.1) is 0 Å². The van der Waals surface area contributed by atoms with Crippen molar-refractivity contribution in [1.29, 1.82) is 0 Å². The summed E-state index contributed by atoms with van der Waals surface area (Å²) in [6, 6.07) is 0.270. The molecule has 0 aromatic rings. The minimum Gasteiger partial charge on any atom is -0.355 e. The minimum atomic E-state index is 0.123. The topological polar surface area (TPSA) is 70.2 Å². The Labute approximate surface area is 153 Å². The van der Waals surface area contributed by atoms with Crippen LogP contribution in [0.3, 0.4) is 0 Å². The van der Waals surface area contributed by atoms with Crippen LogP contribution in [0.2, 0.25) is 0 Å². The van der Waals surface area contributed by atoms with E-state index in [1.54, 1.807) is 0 Å². The van der Waals surface area contributed by atoms with Crippen molar-refractivity contribution in [2.24, 2.45) is 11.8 Å². The Kier molecular flexibility index (Phi) is 9.30. The second kappa shape index (κ2) is 11.5. The number of nitrogens with one attached hydrogen (secondary N) is 3. The van der Waals surface area contributed by atoms with E-state index in [1.807, 2.05) is 0 Å².